The molecule has 2 heterocycles. The molecule has 20 heavy (non-hydrogen) atoms. The average Bonchev–Trinajstić information content (AvgIpc) is 2.81. The Labute approximate surface area is 122 Å². The maximum absolute atomic E-state index is 11.2. The number of aromatic nitrogens is 3. The van der Waals surface area contributed by atoms with Crippen LogP contribution in [0.3, 0.4) is 0 Å². The maximum Gasteiger partial charge on any atom is 0.296 e. The van der Waals surface area contributed by atoms with Crippen LogP contribution in [-0.4, -0.2) is 19.7 Å². The summed E-state index contributed by atoms with van der Waals surface area (Å²) in [6.07, 6.45) is 3.25. The molecule has 6 nitrogen and oxygen atoms in total. The van der Waals surface area contributed by atoms with Gasteiger partial charge in [-0.3, -0.25) is 14.8 Å². The Morgan fingerprint density at radius 2 is 2.15 bits per heavy atom. The summed E-state index contributed by atoms with van der Waals surface area (Å²) in [6.45, 7) is 0. The van der Waals surface area contributed by atoms with Crippen molar-refractivity contribution in [1.82, 2.24) is 14.8 Å². The highest BCUT2D eigenvalue weighted by Gasteiger charge is 2.20. The lowest BCUT2D eigenvalue weighted by Crippen LogP contribution is -1.95. The molecule has 0 amide bonds. The second kappa shape index (κ2) is 4.68. The van der Waals surface area contributed by atoms with E-state index in [1.54, 1.807) is 17.1 Å². The summed E-state index contributed by atoms with van der Waals surface area (Å²) in [6, 6.07) is 7.02. The molecule has 100 valence electrons. The summed E-state index contributed by atoms with van der Waals surface area (Å²) in [7, 11) is 1.83. The van der Waals surface area contributed by atoms with Gasteiger partial charge >= 0.3 is 0 Å². The Morgan fingerprint density at radius 3 is 2.90 bits per heavy atom. The van der Waals surface area contributed by atoms with E-state index in [0.29, 0.717) is 15.7 Å². The van der Waals surface area contributed by atoms with Gasteiger partial charge in [0, 0.05) is 34.7 Å². The molecule has 3 aromatic rings. The monoisotopic (exact) mass is 332 g/mol. The van der Waals surface area contributed by atoms with Crippen LogP contribution in [0.5, 0.6) is 0 Å². The van der Waals surface area contributed by atoms with Crippen LogP contribution in [0, 0.1) is 10.1 Å². The van der Waals surface area contributed by atoms with E-state index in [1.807, 2.05) is 25.2 Å². The molecule has 0 atom stereocenters. The van der Waals surface area contributed by atoms with Gasteiger partial charge in [0.25, 0.3) is 5.69 Å². The van der Waals surface area contributed by atoms with Gasteiger partial charge in [-0.05, 0) is 22.0 Å². The number of fused-ring (bicyclic) bond motifs is 1. The van der Waals surface area contributed by atoms with Crippen LogP contribution >= 0.6 is 15.9 Å². The van der Waals surface area contributed by atoms with Gasteiger partial charge in [0.05, 0.1) is 16.6 Å². The van der Waals surface area contributed by atoms with Crippen molar-refractivity contribution in [2.75, 3.05) is 0 Å². The summed E-state index contributed by atoms with van der Waals surface area (Å²) in [4.78, 5) is 15.0. The van der Waals surface area contributed by atoms with Gasteiger partial charge in [-0.1, -0.05) is 12.1 Å². The summed E-state index contributed by atoms with van der Waals surface area (Å²) in [5.74, 6) is 0. The normalized spacial score (nSPS) is 10.9. The molecule has 0 fully saturated rings. The molecule has 2 aromatic heterocycles. The molecule has 3 rings (SSSR count). The molecule has 0 aliphatic heterocycles. The zero-order chi connectivity index (χ0) is 14.3. The number of halogens is 1. The molecule has 1 aromatic carbocycles. The van der Waals surface area contributed by atoms with Crippen molar-refractivity contribution < 1.29 is 4.92 Å². The van der Waals surface area contributed by atoms with Crippen molar-refractivity contribution in [2.24, 2.45) is 7.05 Å². The first kappa shape index (κ1) is 12.7. The standard InChI is InChI=1S/C13H9BrN4O2/c1-17-11-4-2-3-9(10(11)7-16-17)13-12(18(19)20)5-8(14)6-15-13/h2-7H,1H3. The molecule has 0 bridgehead atoms. The molecule has 0 N–H and O–H groups in total. The molecule has 0 radical (unpaired) electrons. The minimum atomic E-state index is -0.428. The van der Waals surface area contributed by atoms with E-state index in [2.05, 4.69) is 26.0 Å². The topological polar surface area (TPSA) is 73.8 Å². The summed E-state index contributed by atoms with van der Waals surface area (Å²) in [5.41, 5.74) is 1.92. The predicted molar refractivity (Wildman–Crippen MR) is 78.3 cm³/mol. The highest BCUT2D eigenvalue weighted by molar-refractivity contribution is 9.10. The minimum Gasteiger partial charge on any atom is -0.268 e. The average molecular weight is 333 g/mol. The summed E-state index contributed by atoms with van der Waals surface area (Å²) < 4.78 is 2.30. The van der Waals surface area contributed by atoms with Crippen LogP contribution in [0.15, 0.2) is 41.1 Å². The predicted octanol–water partition coefficient (Wildman–Crippen LogP) is 3.31. The van der Waals surface area contributed by atoms with Crippen molar-refractivity contribution in [3.63, 3.8) is 0 Å². The van der Waals surface area contributed by atoms with E-state index < -0.39 is 4.92 Å². The lowest BCUT2D eigenvalue weighted by molar-refractivity contribution is -0.384. The van der Waals surface area contributed by atoms with Crippen LogP contribution < -0.4 is 0 Å². The van der Waals surface area contributed by atoms with Gasteiger partial charge in [-0.2, -0.15) is 5.10 Å². The Kier molecular flexibility index (Phi) is 2.98. The molecule has 7 heteroatoms. The zero-order valence-corrected chi connectivity index (χ0v) is 12.0. The number of aryl methyl sites for hydroxylation is 1. The number of pyridine rings is 1. The lowest BCUT2D eigenvalue weighted by atomic mass is 10.1. The van der Waals surface area contributed by atoms with Crippen LogP contribution in [-0.2, 0) is 7.05 Å². The highest BCUT2D eigenvalue weighted by atomic mass is 79.9. The van der Waals surface area contributed by atoms with Gasteiger partial charge in [-0.25, -0.2) is 4.98 Å². The second-order valence-electron chi connectivity index (χ2n) is 4.28. The number of nitro groups is 1. The smallest absolute Gasteiger partial charge is 0.268 e. The fourth-order valence-electron chi connectivity index (χ4n) is 2.16. The maximum atomic E-state index is 11.2. The second-order valence-corrected chi connectivity index (χ2v) is 5.20. The SMILES string of the molecule is Cn1ncc2c(-c3ncc(Br)cc3[N+](=O)[O-])cccc21. The molecule has 0 spiro atoms. The fraction of sp³-hybridized carbons (Fsp3) is 0.0769. The van der Waals surface area contributed by atoms with Gasteiger partial charge < -0.3 is 0 Å². The fourth-order valence-corrected chi connectivity index (χ4v) is 2.48. The Bertz CT molecular complexity index is 828. The first-order chi connectivity index (χ1) is 9.58. The number of rotatable bonds is 2. The van der Waals surface area contributed by atoms with Crippen LogP contribution in [0.1, 0.15) is 0 Å². The van der Waals surface area contributed by atoms with Crippen molar-refractivity contribution in [3.8, 4) is 11.3 Å². The third-order valence-electron chi connectivity index (χ3n) is 3.08. The number of nitrogens with zero attached hydrogens (tertiary/aromatic N) is 4. The van der Waals surface area contributed by atoms with Gasteiger partial charge in [0.15, 0.2) is 0 Å². The van der Waals surface area contributed by atoms with E-state index in [1.165, 1.54) is 6.07 Å². The summed E-state index contributed by atoms with van der Waals surface area (Å²) >= 11 is 3.21. The lowest BCUT2D eigenvalue weighted by Gasteiger charge is -2.04. The minimum absolute atomic E-state index is 0.0317. The highest BCUT2D eigenvalue weighted by Crippen LogP contribution is 2.34. The summed E-state index contributed by atoms with van der Waals surface area (Å²) in [5, 5.41) is 16.2. The van der Waals surface area contributed by atoms with Crippen LogP contribution in [0.25, 0.3) is 22.2 Å². The molecular formula is C13H9BrN4O2. The van der Waals surface area contributed by atoms with Crippen LogP contribution in [0.4, 0.5) is 5.69 Å². The van der Waals surface area contributed by atoms with E-state index in [4.69, 9.17) is 0 Å². The number of hydrogen-bond acceptors (Lipinski definition) is 4. The zero-order valence-electron chi connectivity index (χ0n) is 10.4. The number of hydrogen-bond donors (Lipinski definition) is 0. The quantitative estimate of drug-likeness (QED) is 0.533. The van der Waals surface area contributed by atoms with Crippen molar-refractivity contribution >= 4 is 32.5 Å². The Hall–Kier alpha value is -2.28. The molecule has 0 saturated carbocycles. The molecule has 0 unspecified atom stereocenters. The third kappa shape index (κ3) is 1.96. The van der Waals surface area contributed by atoms with E-state index in [-0.39, 0.29) is 5.69 Å². The largest absolute Gasteiger partial charge is 0.296 e. The molecular weight excluding hydrogens is 324 g/mol. The Morgan fingerprint density at radius 1 is 1.35 bits per heavy atom. The van der Waals surface area contributed by atoms with E-state index in [9.17, 15) is 10.1 Å². The first-order valence-corrected chi connectivity index (χ1v) is 6.58. The van der Waals surface area contributed by atoms with Gasteiger partial charge in [0.2, 0.25) is 0 Å². The van der Waals surface area contributed by atoms with Gasteiger partial charge in [0.1, 0.15) is 5.69 Å². The van der Waals surface area contributed by atoms with Crippen molar-refractivity contribution in [3.05, 3.63) is 51.2 Å². The third-order valence-corrected chi connectivity index (χ3v) is 3.51. The van der Waals surface area contributed by atoms with E-state index >= 15 is 0 Å². The van der Waals surface area contributed by atoms with Gasteiger partial charge in [-0.15, -0.1) is 0 Å². The van der Waals surface area contributed by atoms with Crippen molar-refractivity contribution in [2.45, 2.75) is 0 Å². The number of benzene rings is 1. The van der Waals surface area contributed by atoms with Crippen molar-refractivity contribution in [1.29, 1.82) is 0 Å². The molecule has 0 aliphatic carbocycles. The Balaban J connectivity index is 2.34. The van der Waals surface area contributed by atoms with Crippen LogP contribution in [0.2, 0.25) is 0 Å². The molecule has 0 aliphatic rings. The molecule has 0 saturated heterocycles. The first-order valence-electron chi connectivity index (χ1n) is 5.79. The van der Waals surface area contributed by atoms with E-state index in [0.717, 1.165) is 10.9 Å².